The zero-order valence-corrected chi connectivity index (χ0v) is 8.86. The summed E-state index contributed by atoms with van der Waals surface area (Å²) in [5.74, 6) is -0.529. The summed E-state index contributed by atoms with van der Waals surface area (Å²) in [5.41, 5.74) is 3.03. The molecule has 0 bridgehead atoms. The quantitative estimate of drug-likeness (QED) is 0.624. The van der Waals surface area contributed by atoms with Gasteiger partial charge in [0.25, 0.3) is 5.91 Å². The summed E-state index contributed by atoms with van der Waals surface area (Å²) < 4.78 is 0.981. The molecule has 0 saturated carbocycles. The second kappa shape index (κ2) is 5.51. The van der Waals surface area contributed by atoms with Crippen molar-refractivity contribution >= 4 is 28.1 Å². The molecule has 1 aromatic carbocycles. The van der Waals surface area contributed by atoms with E-state index in [-0.39, 0.29) is 0 Å². The molecule has 0 saturated heterocycles. The van der Waals surface area contributed by atoms with Gasteiger partial charge in [-0.3, -0.25) is 4.79 Å². The predicted molar refractivity (Wildman–Crippen MR) is 57.0 cm³/mol. The van der Waals surface area contributed by atoms with E-state index in [1.165, 1.54) is 6.21 Å². The van der Waals surface area contributed by atoms with E-state index in [0.717, 1.165) is 10.0 Å². The Morgan fingerprint density at radius 2 is 2.14 bits per heavy atom. The third-order valence-electron chi connectivity index (χ3n) is 1.42. The number of carbonyl (C=O) groups is 1. The van der Waals surface area contributed by atoms with Crippen LogP contribution in [0.4, 0.5) is 0 Å². The first-order valence-electron chi connectivity index (χ1n) is 3.90. The highest BCUT2D eigenvalue weighted by atomic mass is 79.9. The first-order valence-corrected chi connectivity index (χ1v) is 4.70. The van der Waals surface area contributed by atoms with Crippen LogP contribution in [0.1, 0.15) is 5.56 Å². The average Bonchev–Trinajstić information content (AvgIpc) is 2.21. The molecule has 0 spiro atoms. The third kappa shape index (κ3) is 3.68. The number of halogens is 1. The van der Waals surface area contributed by atoms with Crippen molar-refractivity contribution in [3.63, 3.8) is 0 Å². The molecule has 0 atom stereocenters. The molecule has 0 heterocycles. The molecule has 4 nitrogen and oxygen atoms in total. The van der Waals surface area contributed by atoms with Gasteiger partial charge in [-0.2, -0.15) is 5.10 Å². The lowest BCUT2D eigenvalue weighted by atomic mass is 10.2. The number of amides is 1. The number of hydrogen-bond acceptors (Lipinski definition) is 3. The molecule has 74 valence electrons. The van der Waals surface area contributed by atoms with E-state index in [4.69, 9.17) is 5.11 Å². The highest BCUT2D eigenvalue weighted by Gasteiger charge is 1.92. The molecule has 0 radical (unpaired) electrons. The summed E-state index contributed by atoms with van der Waals surface area (Å²) in [6.07, 6.45) is 1.50. The number of aliphatic hydroxyl groups excluding tert-OH is 1. The minimum atomic E-state index is -0.558. The van der Waals surface area contributed by atoms with Crippen molar-refractivity contribution in [3.05, 3.63) is 34.3 Å². The normalized spacial score (nSPS) is 10.4. The number of benzene rings is 1. The molecule has 14 heavy (non-hydrogen) atoms. The lowest BCUT2D eigenvalue weighted by molar-refractivity contribution is -0.123. The molecule has 0 aromatic heterocycles. The number of carbonyl (C=O) groups excluding carboxylic acids is 1. The maximum Gasteiger partial charge on any atom is 0.265 e. The van der Waals surface area contributed by atoms with Crippen LogP contribution in [-0.2, 0) is 4.79 Å². The van der Waals surface area contributed by atoms with Crippen LogP contribution in [0.5, 0.6) is 0 Å². The number of nitrogens with one attached hydrogen (secondary N) is 1. The van der Waals surface area contributed by atoms with E-state index in [1.54, 1.807) is 0 Å². The van der Waals surface area contributed by atoms with Gasteiger partial charge in [-0.05, 0) is 17.7 Å². The number of rotatable bonds is 3. The molecule has 0 aliphatic rings. The Kier molecular flexibility index (Phi) is 4.28. The molecule has 1 rings (SSSR count). The van der Waals surface area contributed by atoms with E-state index in [9.17, 15) is 4.79 Å². The van der Waals surface area contributed by atoms with Crippen molar-refractivity contribution in [2.45, 2.75) is 0 Å². The molecule has 1 aromatic rings. The predicted octanol–water partition coefficient (Wildman–Crippen LogP) is 0.891. The van der Waals surface area contributed by atoms with Crippen LogP contribution in [0.2, 0.25) is 0 Å². The fourth-order valence-corrected chi connectivity index (χ4v) is 1.03. The van der Waals surface area contributed by atoms with Gasteiger partial charge in [0, 0.05) is 4.47 Å². The molecule has 0 aliphatic carbocycles. The van der Waals surface area contributed by atoms with Crippen molar-refractivity contribution < 1.29 is 9.90 Å². The van der Waals surface area contributed by atoms with Gasteiger partial charge < -0.3 is 5.11 Å². The molecule has 1 amide bonds. The van der Waals surface area contributed by atoms with Crippen molar-refractivity contribution in [2.75, 3.05) is 6.61 Å². The van der Waals surface area contributed by atoms with Crippen molar-refractivity contribution in [2.24, 2.45) is 5.10 Å². The van der Waals surface area contributed by atoms with E-state index >= 15 is 0 Å². The Hall–Kier alpha value is -1.20. The van der Waals surface area contributed by atoms with Crippen LogP contribution in [0.25, 0.3) is 0 Å². The largest absolute Gasteiger partial charge is 0.386 e. The summed E-state index contributed by atoms with van der Waals surface area (Å²) in [6.45, 7) is -0.558. The van der Waals surface area contributed by atoms with Crippen molar-refractivity contribution in [1.82, 2.24) is 5.43 Å². The van der Waals surface area contributed by atoms with Gasteiger partial charge in [0.05, 0.1) is 6.21 Å². The van der Waals surface area contributed by atoms with Gasteiger partial charge in [-0.25, -0.2) is 5.43 Å². The van der Waals surface area contributed by atoms with Crippen LogP contribution < -0.4 is 5.43 Å². The molecule has 0 fully saturated rings. The summed E-state index contributed by atoms with van der Waals surface area (Å²) in [4.78, 5) is 10.6. The number of aliphatic hydroxyl groups is 1. The Morgan fingerprint density at radius 3 is 2.71 bits per heavy atom. The lowest BCUT2D eigenvalue weighted by Crippen LogP contribution is -2.20. The summed E-state index contributed by atoms with van der Waals surface area (Å²) in [7, 11) is 0. The number of hydrazone groups is 1. The zero-order valence-electron chi connectivity index (χ0n) is 7.27. The molecule has 0 aliphatic heterocycles. The number of nitrogens with zero attached hydrogens (tertiary/aromatic N) is 1. The summed E-state index contributed by atoms with van der Waals surface area (Å²) in [5, 5.41) is 12.0. The van der Waals surface area contributed by atoms with Gasteiger partial charge >= 0.3 is 0 Å². The van der Waals surface area contributed by atoms with Gasteiger partial charge in [0.2, 0.25) is 0 Å². The highest BCUT2D eigenvalue weighted by molar-refractivity contribution is 9.10. The van der Waals surface area contributed by atoms with Crippen molar-refractivity contribution in [3.8, 4) is 0 Å². The Morgan fingerprint density at radius 1 is 1.50 bits per heavy atom. The standard InChI is InChI=1S/C9H9BrN2O2/c10-8-3-1-7(2-4-8)5-11-12-9(14)6-13/h1-5,13H,6H2,(H,12,14)/b11-5+. The third-order valence-corrected chi connectivity index (χ3v) is 1.95. The maximum atomic E-state index is 10.6. The number of hydrogen-bond donors (Lipinski definition) is 2. The molecular formula is C9H9BrN2O2. The van der Waals surface area contributed by atoms with Gasteiger partial charge in [-0.15, -0.1) is 0 Å². The minimum absolute atomic E-state index is 0.529. The van der Waals surface area contributed by atoms with Gasteiger partial charge in [0.1, 0.15) is 6.61 Å². The minimum Gasteiger partial charge on any atom is -0.386 e. The maximum absolute atomic E-state index is 10.6. The van der Waals surface area contributed by atoms with Crippen LogP contribution >= 0.6 is 15.9 Å². The highest BCUT2D eigenvalue weighted by Crippen LogP contribution is 2.08. The SMILES string of the molecule is O=C(CO)N/N=C/c1ccc(Br)cc1. The summed E-state index contributed by atoms with van der Waals surface area (Å²) in [6, 6.07) is 7.43. The monoisotopic (exact) mass is 256 g/mol. The van der Waals surface area contributed by atoms with Crippen LogP contribution in [0.15, 0.2) is 33.8 Å². The first kappa shape index (κ1) is 10.9. The van der Waals surface area contributed by atoms with E-state index in [1.807, 2.05) is 24.3 Å². The first-order chi connectivity index (χ1) is 6.72. The molecular weight excluding hydrogens is 248 g/mol. The van der Waals surface area contributed by atoms with Crippen molar-refractivity contribution in [1.29, 1.82) is 0 Å². The fourth-order valence-electron chi connectivity index (χ4n) is 0.763. The Labute approximate surface area is 89.8 Å². The van der Waals surface area contributed by atoms with Crippen LogP contribution in [0.3, 0.4) is 0 Å². The fraction of sp³-hybridized carbons (Fsp3) is 0.111. The second-order valence-electron chi connectivity index (χ2n) is 2.50. The van der Waals surface area contributed by atoms with Gasteiger partial charge in [0.15, 0.2) is 0 Å². The molecule has 5 heteroatoms. The van der Waals surface area contributed by atoms with Gasteiger partial charge in [-0.1, -0.05) is 28.1 Å². The van der Waals surface area contributed by atoms with E-state index in [0.29, 0.717) is 0 Å². The van der Waals surface area contributed by atoms with Crippen LogP contribution in [0, 0.1) is 0 Å². The lowest BCUT2D eigenvalue weighted by Gasteiger charge is -1.94. The van der Waals surface area contributed by atoms with E-state index in [2.05, 4.69) is 26.5 Å². The molecule has 0 unspecified atom stereocenters. The Balaban J connectivity index is 2.52. The summed E-state index contributed by atoms with van der Waals surface area (Å²) >= 11 is 3.30. The Bertz CT molecular complexity index is 335. The van der Waals surface area contributed by atoms with Crippen LogP contribution in [-0.4, -0.2) is 23.8 Å². The molecule has 2 N–H and O–H groups in total. The average molecular weight is 257 g/mol. The second-order valence-corrected chi connectivity index (χ2v) is 3.42. The topological polar surface area (TPSA) is 61.7 Å². The zero-order chi connectivity index (χ0) is 10.4. The van der Waals surface area contributed by atoms with E-state index < -0.39 is 12.5 Å². The smallest absolute Gasteiger partial charge is 0.265 e.